The van der Waals surface area contributed by atoms with Gasteiger partial charge in [0.25, 0.3) is 0 Å². The number of nitrogens with zero attached hydrogens (tertiary/aromatic N) is 2. The van der Waals surface area contributed by atoms with Crippen LogP contribution in [0.4, 0.5) is 5.69 Å². The van der Waals surface area contributed by atoms with E-state index in [0.717, 1.165) is 6.26 Å². The Bertz CT molecular complexity index is 809. The van der Waals surface area contributed by atoms with Crippen LogP contribution in [0.3, 0.4) is 0 Å². The maximum Gasteiger partial charge on any atom is 0.348 e. The number of carbonyl (C=O) groups is 2. The molecule has 2 aliphatic heterocycles. The van der Waals surface area contributed by atoms with Crippen molar-refractivity contribution in [3.05, 3.63) is 24.3 Å². The Labute approximate surface area is 152 Å². The average Bonchev–Trinajstić information content (AvgIpc) is 2.65. The Balaban J connectivity index is 1.86. The van der Waals surface area contributed by atoms with Gasteiger partial charge in [-0.3, -0.25) is 4.79 Å². The molecule has 0 bridgehead atoms. The van der Waals surface area contributed by atoms with E-state index in [1.54, 1.807) is 24.3 Å². The summed E-state index contributed by atoms with van der Waals surface area (Å²) in [6, 6.07) is 6.98. The van der Waals surface area contributed by atoms with Gasteiger partial charge in [0, 0.05) is 13.1 Å². The number of para-hydroxylation sites is 2. The number of piperidine rings is 1. The standard InChI is InChI=1S/C17H22N2O6S/c1-24-17(21)15-11-19(13-7-3-4-8-14(13)25-15)16(20)12-6-5-9-18(10-12)26(2,22)23/h3-4,7-8,12,15H,5-6,9-11H2,1-2H3. The van der Waals surface area contributed by atoms with E-state index in [1.807, 2.05) is 0 Å². The molecule has 0 radical (unpaired) electrons. The molecule has 26 heavy (non-hydrogen) atoms. The number of amides is 1. The minimum atomic E-state index is -3.35. The van der Waals surface area contributed by atoms with Gasteiger partial charge in [-0.15, -0.1) is 0 Å². The minimum Gasteiger partial charge on any atom is -0.475 e. The summed E-state index contributed by atoms with van der Waals surface area (Å²) < 4.78 is 35.4. The fourth-order valence-electron chi connectivity index (χ4n) is 3.36. The van der Waals surface area contributed by atoms with Gasteiger partial charge >= 0.3 is 5.97 Å². The monoisotopic (exact) mass is 382 g/mol. The van der Waals surface area contributed by atoms with E-state index < -0.39 is 28.0 Å². The number of carbonyl (C=O) groups excluding carboxylic acids is 2. The summed E-state index contributed by atoms with van der Waals surface area (Å²) >= 11 is 0. The normalized spacial score (nSPS) is 23.7. The number of hydrogen-bond donors (Lipinski definition) is 0. The summed E-state index contributed by atoms with van der Waals surface area (Å²) in [7, 11) is -2.08. The van der Waals surface area contributed by atoms with Crippen molar-refractivity contribution in [1.82, 2.24) is 4.31 Å². The highest BCUT2D eigenvalue weighted by atomic mass is 32.2. The third-order valence-electron chi connectivity index (χ3n) is 4.71. The van der Waals surface area contributed by atoms with Crippen LogP contribution < -0.4 is 9.64 Å². The van der Waals surface area contributed by atoms with Gasteiger partial charge in [0.15, 0.2) is 0 Å². The first-order valence-electron chi connectivity index (χ1n) is 8.41. The number of sulfonamides is 1. The highest BCUT2D eigenvalue weighted by Crippen LogP contribution is 2.35. The number of ether oxygens (including phenoxy) is 2. The molecule has 9 heteroatoms. The summed E-state index contributed by atoms with van der Waals surface area (Å²) in [6.07, 6.45) is 1.47. The maximum absolute atomic E-state index is 13.1. The smallest absolute Gasteiger partial charge is 0.348 e. The zero-order valence-electron chi connectivity index (χ0n) is 14.8. The van der Waals surface area contributed by atoms with Crippen molar-refractivity contribution in [1.29, 1.82) is 0 Å². The first kappa shape index (κ1) is 18.7. The van der Waals surface area contributed by atoms with Crippen LogP contribution in [0.2, 0.25) is 0 Å². The first-order valence-corrected chi connectivity index (χ1v) is 10.3. The fourth-order valence-corrected chi connectivity index (χ4v) is 4.27. The number of benzene rings is 1. The summed E-state index contributed by atoms with van der Waals surface area (Å²) in [6.45, 7) is 0.616. The van der Waals surface area contributed by atoms with E-state index in [0.29, 0.717) is 30.8 Å². The Morgan fingerprint density at radius 1 is 1.23 bits per heavy atom. The average molecular weight is 382 g/mol. The molecule has 2 aliphatic rings. The largest absolute Gasteiger partial charge is 0.475 e. The van der Waals surface area contributed by atoms with Gasteiger partial charge < -0.3 is 14.4 Å². The van der Waals surface area contributed by atoms with Crippen molar-refractivity contribution in [2.24, 2.45) is 5.92 Å². The van der Waals surface area contributed by atoms with Crippen LogP contribution in [-0.4, -0.2) is 63.7 Å². The lowest BCUT2D eigenvalue weighted by Gasteiger charge is -2.37. The Hall–Kier alpha value is -2.13. The molecule has 1 saturated heterocycles. The third-order valence-corrected chi connectivity index (χ3v) is 5.98. The Kier molecular flexibility index (Phi) is 5.19. The van der Waals surface area contributed by atoms with Crippen LogP contribution in [-0.2, 0) is 24.3 Å². The molecule has 0 aliphatic carbocycles. The van der Waals surface area contributed by atoms with Crippen molar-refractivity contribution < 1.29 is 27.5 Å². The van der Waals surface area contributed by atoms with E-state index in [-0.39, 0.29) is 19.0 Å². The summed E-state index contributed by atoms with van der Waals surface area (Å²) in [5, 5.41) is 0. The molecule has 8 nitrogen and oxygen atoms in total. The number of fused-ring (bicyclic) bond motifs is 1. The molecule has 2 atom stereocenters. The highest BCUT2D eigenvalue weighted by Gasteiger charge is 2.39. The number of methoxy groups -OCH3 is 1. The summed E-state index contributed by atoms with van der Waals surface area (Å²) in [5.74, 6) is -0.789. The van der Waals surface area contributed by atoms with Crippen LogP contribution in [0.5, 0.6) is 5.75 Å². The first-order chi connectivity index (χ1) is 12.3. The molecule has 0 N–H and O–H groups in total. The zero-order chi connectivity index (χ0) is 18.9. The molecule has 0 aromatic heterocycles. The predicted molar refractivity (Wildman–Crippen MR) is 94.4 cm³/mol. The number of esters is 1. The van der Waals surface area contributed by atoms with Crippen molar-refractivity contribution >= 4 is 27.6 Å². The second kappa shape index (κ2) is 7.24. The van der Waals surface area contributed by atoms with Crippen molar-refractivity contribution in [3.63, 3.8) is 0 Å². The zero-order valence-corrected chi connectivity index (χ0v) is 15.6. The number of hydrogen-bond acceptors (Lipinski definition) is 6. The van der Waals surface area contributed by atoms with Gasteiger partial charge in [-0.05, 0) is 25.0 Å². The number of anilines is 1. The predicted octanol–water partition coefficient (Wildman–Crippen LogP) is 0.625. The lowest BCUT2D eigenvalue weighted by molar-refractivity contribution is -0.148. The molecule has 1 amide bonds. The lowest BCUT2D eigenvalue weighted by Crippen LogP contribution is -2.52. The van der Waals surface area contributed by atoms with E-state index in [9.17, 15) is 18.0 Å². The molecule has 2 heterocycles. The molecule has 142 valence electrons. The minimum absolute atomic E-state index is 0.0396. The topological polar surface area (TPSA) is 93.2 Å². The molecule has 1 fully saturated rings. The molecule has 3 rings (SSSR count). The van der Waals surface area contributed by atoms with Crippen LogP contribution >= 0.6 is 0 Å². The molecule has 0 saturated carbocycles. The van der Waals surface area contributed by atoms with Crippen molar-refractivity contribution in [2.75, 3.05) is 37.9 Å². The summed E-state index contributed by atoms with van der Waals surface area (Å²) in [5.41, 5.74) is 0.578. The quantitative estimate of drug-likeness (QED) is 0.712. The van der Waals surface area contributed by atoms with Gasteiger partial charge in [0.2, 0.25) is 22.0 Å². The van der Waals surface area contributed by atoms with Crippen LogP contribution in [0.25, 0.3) is 0 Å². The van der Waals surface area contributed by atoms with E-state index in [2.05, 4.69) is 0 Å². The van der Waals surface area contributed by atoms with Gasteiger partial charge in [-0.25, -0.2) is 17.5 Å². The molecule has 1 aromatic carbocycles. The molecular weight excluding hydrogens is 360 g/mol. The lowest BCUT2D eigenvalue weighted by atomic mass is 9.97. The van der Waals surface area contributed by atoms with E-state index >= 15 is 0 Å². The highest BCUT2D eigenvalue weighted by molar-refractivity contribution is 7.88. The van der Waals surface area contributed by atoms with Gasteiger partial charge in [0.05, 0.1) is 31.5 Å². The van der Waals surface area contributed by atoms with Crippen LogP contribution in [0, 0.1) is 5.92 Å². The van der Waals surface area contributed by atoms with Crippen LogP contribution in [0.1, 0.15) is 12.8 Å². The van der Waals surface area contributed by atoms with Gasteiger partial charge in [0.1, 0.15) is 5.75 Å². The van der Waals surface area contributed by atoms with Crippen molar-refractivity contribution in [2.45, 2.75) is 18.9 Å². The SMILES string of the molecule is COC(=O)C1CN(C(=O)C2CCCN(S(C)(=O)=O)C2)c2ccccc2O1. The molecular formula is C17H22N2O6S. The molecule has 1 aromatic rings. The summed E-state index contributed by atoms with van der Waals surface area (Å²) in [4.78, 5) is 26.6. The van der Waals surface area contributed by atoms with Gasteiger partial charge in [-0.2, -0.15) is 0 Å². The van der Waals surface area contributed by atoms with E-state index in [4.69, 9.17) is 9.47 Å². The fraction of sp³-hybridized carbons (Fsp3) is 0.529. The van der Waals surface area contributed by atoms with Gasteiger partial charge in [-0.1, -0.05) is 12.1 Å². The van der Waals surface area contributed by atoms with Crippen LogP contribution in [0.15, 0.2) is 24.3 Å². The second-order valence-corrected chi connectivity index (χ2v) is 8.49. The second-order valence-electron chi connectivity index (χ2n) is 6.51. The van der Waals surface area contributed by atoms with Crippen molar-refractivity contribution in [3.8, 4) is 5.75 Å². The Morgan fingerprint density at radius 2 is 1.96 bits per heavy atom. The van der Waals surface area contributed by atoms with E-state index in [1.165, 1.54) is 16.3 Å². The Morgan fingerprint density at radius 3 is 2.65 bits per heavy atom. The molecule has 0 spiro atoms. The third kappa shape index (κ3) is 3.68. The maximum atomic E-state index is 13.1. The molecule has 2 unspecified atom stereocenters. The number of rotatable bonds is 3.